The summed E-state index contributed by atoms with van der Waals surface area (Å²) in [6.45, 7) is 7.18. The zero-order chi connectivity index (χ0) is 23.2. The average molecular weight is 447 g/mol. The molecule has 1 aromatic heterocycles. The highest BCUT2D eigenvalue weighted by Crippen LogP contribution is 2.30. The first kappa shape index (κ1) is 22.2. The standard InChI is InChI=1S/C25H26N4O4/c1-3-31-20-9-5-18(6-10-20)23-27-22(17-26)25(33-23)29-15-13-28(14-16-29)24(30)19-7-11-21(12-8-19)32-4-2/h5-12H,3-4,13-16H2,1-2H3. The van der Waals surface area contributed by atoms with E-state index < -0.39 is 0 Å². The molecule has 170 valence electrons. The van der Waals surface area contributed by atoms with Crippen LogP contribution in [-0.4, -0.2) is 55.2 Å². The Bertz CT molecular complexity index is 1120. The second kappa shape index (κ2) is 10.1. The van der Waals surface area contributed by atoms with Crippen LogP contribution in [0.4, 0.5) is 5.88 Å². The van der Waals surface area contributed by atoms with E-state index in [-0.39, 0.29) is 11.6 Å². The van der Waals surface area contributed by atoms with Crippen molar-refractivity contribution in [3.05, 3.63) is 59.8 Å². The third kappa shape index (κ3) is 4.93. The maximum absolute atomic E-state index is 12.9. The van der Waals surface area contributed by atoms with Crippen LogP contribution in [-0.2, 0) is 0 Å². The van der Waals surface area contributed by atoms with Crippen molar-refractivity contribution < 1.29 is 18.7 Å². The van der Waals surface area contributed by atoms with E-state index >= 15 is 0 Å². The van der Waals surface area contributed by atoms with Crippen LogP contribution in [0.2, 0.25) is 0 Å². The predicted octanol–water partition coefficient (Wildman–Crippen LogP) is 3.97. The second-order valence-corrected chi connectivity index (χ2v) is 7.48. The Hall–Kier alpha value is -3.99. The fourth-order valence-electron chi connectivity index (χ4n) is 3.74. The summed E-state index contributed by atoms with van der Waals surface area (Å²) in [7, 11) is 0. The molecule has 0 unspecified atom stereocenters. The number of hydrogen-bond donors (Lipinski definition) is 0. The van der Waals surface area contributed by atoms with Gasteiger partial charge in [0.15, 0.2) is 0 Å². The lowest BCUT2D eigenvalue weighted by Gasteiger charge is -2.34. The Morgan fingerprint density at radius 1 is 0.970 bits per heavy atom. The summed E-state index contributed by atoms with van der Waals surface area (Å²) >= 11 is 0. The predicted molar refractivity (Wildman–Crippen MR) is 124 cm³/mol. The molecule has 2 aromatic carbocycles. The number of benzene rings is 2. The maximum Gasteiger partial charge on any atom is 0.253 e. The van der Waals surface area contributed by atoms with Gasteiger partial charge in [0.2, 0.25) is 17.5 Å². The number of anilines is 1. The van der Waals surface area contributed by atoms with Gasteiger partial charge in [-0.25, -0.2) is 0 Å². The van der Waals surface area contributed by atoms with Crippen molar-refractivity contribution in [2.45, 2.75) is 13.8 Å². The van der Waals surface area contributed by atoms with E-state index in [0.717, 1.165) is 17.1 Å². The highest BCUT2D eigenvalue weighted by atomic mass is 16.5. The molecule has 0 radical (unpaired) electrons. The van der Waals surface area contributed by atoms with Crippen LogP contribution >= 0.6 is 0 Å². The van der Waals surface area contributed by atoms with Crippen molar-refractivity contribution in [1.29, 1.82) is 5.26 Å². The van der Waals surface area contributed by atoms with E-state index in [4.69, 9.17) is 13.9 Å². The quantitative estimate of drug-likeness (QED) is 0.542. The first-order valence-corrected chi connectivity index (χ1v) is 11.0. The molecule has 1 aliphatic heterocycles. The molecule has 0 N–H and O–H groups in total. The lowest BCUT2D eigenvalue weighted by molar-refractivity contribution is 0.0745. The molecule has 0 saturated carbocycles. The van der Waals surface area contributed by atoms with Gasteiger partial charge in [-0.05, 0) is 62.4 Å². The zero-order valence-electron chi connectivity index (χ0n) is 18.8. The number of nitriles is 1. The van der Waals surface area contributed by atoms with Gasteiger partial charge in [-0.3, -0.25) is 4.79 Å². The highest BCUT2D eigenvalue weighted by Gasteiger charge is 2.27. The SMILES string of the molecule is CCOc1ccc(C(=O)N2CCN(c3oc(-c4ccc(OCC)cc4)nc3C#N)CC2)cc1. The number of carbonyl (C=O) groups excluding carboxylic acids is 1. The molecular weight excluding hydrogens is 420 g/mol. The molecule has 8 heteroatoms. The Morgan fingerprint density at radius 3 is 2.09 bits per heavy atom. The van der Waals surface area contributed by atoms with Gasteiger partial charge < -0.3 is 23.7 Å². The molecule has 3 aromatic rings. The fraction of sp³-hybridized carbons (Fsp3) is 0.320. The molecule has 0 spiro atoms. The zero-order valence-corrected chi connectivity index (χ0v) is 18.8. The molecular formula is C25H26N4O4. The first-order chi connectivity index (χ1) is 16.1. The van der Waals surface area contributed by atoms with Crippen LogP contribution in [0.15, 0.2) is 52.9 Å². The number of rotatable bonds is 7. The molecule has 4 rings (SSSR count). The maximum atomic E-state index is 12.9. The van der Waals surface area contributed by atoms with Gasteiger partial charge in [0, 0.05) is 37.3 Å². The Kier molecular flexibility index (Phi) is 6.79. The lowest BCUT2D eigenvalue weighted by atomic mass is 10.1. The van der Waals surface area contributed by atoms with Crippen molar-refractivity contribution in [2.75, 3.05) is 44.3 Å². The number of carbonyl (C=O) groups is 1. The molecule has 0 atom stereocenters. The van der Waals surface area contributed by atoms with Crippen molar-refractivity contribution in [3.63, 3.8) is 0 Å². The number of amides is 1. The van der Waals surface area contributed by atoms with Crippen LogP contribution in [0.3, 0.4) is 0 Å². The minimum Gasteiger partial charge on any atom is -0.494 e. The molecule has 33 heavy (non-hydrogen) atoms. The van der Waals surface area contributed by atoms with E-state index in [1.54, 1.807) is 12.1 Å². The van der Waals surface area contributed by atoms with Crippen molar-refractivity contribution in [1.82, 2.24) is 9.88 Å². The summed E-state index contributed by atoms with van der Waals surface area (Å²) in [6, 6.07) is 16.7. The third-order valence-electron chi connectivity index (χ3n) is 5.39. The van der Waals surface area contributed by atoms with Gasteiger partial charge in [0.25, 0.3) is 5.91 Å². The summed E-state index contributed by atoms with van der Waals surface area (Å²) in [5, 5.41) is 9.58. The van der Waals surface area contributed by atoms with E-state index in [1.807, 2.05) is 60.0 Å². The molecule has 0 bridgehead atoms. The van der Waals surface area contributed by atoms with Crippen molar-refractivity contribution >= 4 is 11.8 Å². The smallest absolute Gasteiger partial charge is 0.253 e. The molecule has 1 fully saturated rings. The number of hydrogen-bond acceptors (Lipinski definition) is 7. The Morgan fingerprint density at radius 2 is 1.55 bits per heavy atom. The van der Waals surface area contributed by atoms with Gasteiger partial charge in [0.1, 0.15) is 17.6 Å². The largest absolute Gasteiger partial charge is 0.494 e. The number of oxazole rings is 1. The van der Waals surface area contributed by atoms with Crippen LogP contribution in [0, 0.1) is 11.3 Å². The lowest BCUT2D eigenvalue weighted by Crippen LogP contribution is -2.48. The Labute approximate surface area is 193 Å². The summed E-state index contributed by atoms with van der Waals surface area (Å²) in [5.74, 6) is 2.32. The molecule has 1 amide bonds. The van der Waals surface area contributed by atoms with Crippen molar-refractivity contribution in [2.24, 2.45) is 0 Å². The van der Waals surface area contributed by atoms with E-state index in [1.165, 1.54) is 0 Å². The molecule has 8 nitrogen and oxygen atoms in total. The average Bonchev–Trinajstić information content (AvgIpc) is 3.30. The number of aromatic nitrogens is 1. The fourth-order valence-corrected chi connectivity index (χ4v) is 3.74. The van der Waals surface area contributed by atoms with Crippen LogP contribution < -0.4 is 14.4 Å². The van der Waals surface area contributed by atoms with Gasteiger partial charge in [-0.2, -0.15) is 10.2 Å². The summed E-state index contributed by atoms with van der Waals surface area (Å²) in [4.78, 5) is 21.0. The van der Waals surface area contributed by atoms with Crippen LogP contribution in [0.25, 0.3) is 11.5 Å². The monoisotopic (exact) mass is 446 g/mol. The topological polar surface area (TPSA) is 91.8 Å². The number of piperazine rings is 1. The summed E-state index contributed by atoms with van der Waals surface area (Å²) < 4.78 is 16.9. The molecule has 1 saturated heterocycles. The molecule has 1 aliphatic rings. The van der Waals surface area contributed by atoms with Gasteiger partial charge in [-0.1, -0.05) is 0 Å². The van der Waals surface area contributed by atoms with Gasteiger partial charge >= 0.3 is 0 Å². The van der Waals surface area contributed by atoms with Gasteiger partial charge in [0.05, 0.1) is 13.2 Å². The second-order valence-electron chi connectivity index (χ2n) is 7.48. The van der Waals surface area contributed by atoms with E-state index in [9.17, 15) is 10.1 Å². The summed E-state index contributed by atoms with van der Waals surface area (Å²) in [6.07, 6.45) is 0. The molecule has 2 heterocycles. The van der Waals surface area contributed by atoms with Crippen LogP contribution in [0.1, 0.15) is 29.9 Å². The third-order valence-corrected chi connectivity index (χ3v) is 5.39. The van der Waals surface area contributed by atoms with Crippen molar-refractivity contribution in [3.8, 4) is 29.0 Å². The minimum atomic E-state index is -0.0224. The van der Waals surface area contributed by atoms with E-state index in [2.05, 4.69) is 11.1 Å². The van der Waals surface area contributed by atoms with E-state index in [0.29, 0.717) is 56.7 Å². The summed E-state index contributed by atoms with van der Waals surface area (Å²) in [5.41, 5.74) is 1.64. The highest BCUT2D eigenvalue weighted by molar-refractivity contribution is 5.94. The van der Waals surface area contributed by atoms with Crippen LogP contribution in [0.5, 0.6) is 11.5 Å². The van der Waals surface area contributed by atoms with Gasteiger partial charge in [-0.15, -0.1) is 0 Å². The molecule has 0 aliphatic carbocycles. The Balaban J connectivity index is 1.43. The first-order valence-electron chi connectivity index (χ1n) is 11.0. The minimum absolute atomic E-state index is 0.0224. The normalized spacial score (nSPS) is 13.5. The number of nitrogens with zero attached hydrogens (tertiary/aromatic N) is 4. The number of ether oxygens (including phenoxy) is 2.